The first-order chi connectivity index (χ1) is 10.0. The van der Waals surface area contributed by atoms with Crippen LogP contribution in [0, 0.1) is 0 Å². The van der Waals surface area contributed by atoms with E-state index in [1.54, 1.807) is 13.2 Å². The molecule has 1 heterocycles. The first-order valence-electron chi connectivity index (χ1n) is 7.16. The van der Waals surface area contributed by atoms with E-state index in [0.29, 0.717) is 5.75 Å². The van der Waals surface area contributed by atoms with Gasteiger partial charge in [-0.3, -0.25) is 4.68 Å². The Morgan fingerprint density at radius 1 is 1.43 bits per heavy atom. The fraction of sp³-hybridized carbons (Fsp3) is 0.438. The van der Waals surface area contributed by atoms with Crippen molar-refractivity contribution < 1.29 is 9.84 Å². The number of aryl methyl sites for hydroxylation is 2. The van der Waals surface area contributed by atoms with Crippen LogP contribution in [0.4, 0.5) is 0 Å². The molecule has 0 amide bonds. The number of hydrogen-bond donors (Lipinski definition) is 2. The summed E-state index contributed by atoms with van der Waals surface area (Å²) in [6.45, 7) is 4.97. The minimum atomic E-state index is 0.157. The summed E-state index contributed by atoms with van der Waals surface area (Å²) in [6, 6.07) is 5.58. The molecule has 0 saturated heterocycles. The normalized spacial score (nSPS) is 12.4. The molecule has 2 rings (SSSR count). The molecule has 5 nitrogen and oxygen atoms in total. The van der Waals surface area contributed by atoms with E-state index in [2.05, 4.69) is 30.5 Å². The van der Waals surface area contributed by atoms with E-state index in [9.17, 15) is 5.11 Å². The average molecular weight is 289 g/mol. The second kappa shape index (κ2) is 6.63. The highest BCUT2D eigenvalue weighted by Gasteiger charge is 2.11. The van der Waals surface area contributed by atoms with Crippen molar-refractivity contribution in [2.45, 2.75) is 32.9 Å². The summed E-state index contributed by atoms with van der Waals surface area (Å²) in [4.78, 5) is 0. The van der Waals surface area contributed by atoms with Crippen LogP contribution in [0.2, 0.25) is 0 Å². The largest absolute Gasteiger partial charge is 0.504 e. The zero-order valence-corrected chi connectivity index (χ0v) is 13.1. The van der Waals surface area contributed by atoms with Crippen LogP contribution in [0.1, 0.15) is 36.7 Å². The predicted octanol–water partition coefficient (Wildman–Crippen LogP) is 2.55. The zero-order valence-electron chi connectivity index (χ0n) is 13.1. The molecule has 0 saturated carbocycles. The maximum atomic E-state index is 9.64. The maximum Gasteiger partial charge on any atom is 0.160 e. The smallest absolute Gasteiger partial charge is 0.160 e. The van der Waals surface area contributed by atoms with Crippen LogP contribution in [0.5, 0.6) is 11.5 Å². The van der Waals surface area contributed by atoms with Crippen molar-refractivity contribution in [2.24, 2.45) is 7.05 Å². The van der Waals surface area contributed by atoms with Crippen LogP contribution < -0.4 is 10.1 Å². The van der Waals surface area contributed by atoms with Gasteiger partial charge in [0.2, 0.25) is 0 Å². The Labute approximate surface area is 125 Å². The van der Waals surface area contributed by atoms with Crippen molar-refractivity contribution in [3.05, 3.63) is 41.2 Å². The van der Waals surface area contributed by atoms with E-state index in [4.69, 9.17) is 4.74 Å². The summed E-state index contributed by atoms with van der Waals surface area (Å²) in [6.07, 6.45) is 2.98. The first-order valence-corrected chi connectivity index (χ1v) is 7.16. The van der Waals surface area contributed by atoms with Gasteiger partial charge in [0.15, 0.2) is 11.5 Å². The molecule has 21 heavy (non-hydrogen) atoms. The van der Waals surface area contributed by atoms with Gasteiger partial charge in [0, 0.05) is 31.4 Å². The molecule has 0 radical (unpaired) electrons. The molecule has 0 aliphatic heterocycles. The molecule has 0 aliphatic carbocycles. The molecular weight excluding hydrogens is 266 g/mol. The van der Waals surface area contributed by atoms with Crippen molar-refractivity contribution in [1.29, 1.82) is 0 Å². The van der Waals surface area contributed by atoms with Gasteiger partial charge in [-0.25, -0.2) is 0 Å². The number of benzene rings is 1. The monoisotopic (exact) mass is 289 g/mol. The fourth-order valence-corrected chi connectivity index (χ4v) is 2.37. The lowest BCUT2D eigenvalue weighted by Crippen LogP contribution is -2.18. The molecule has 2 N–H and O–H groups in total. The van der Waals surface area contributed by atoms with Crippen LogP contribution in [0.3, 0.4) is 0 Å². The van der Waals surface area contributed by atoms with Gasteiger partial charge in [-0.2, -0.15) is 5.10 Å². The number of ether oxygens (including phenoxy) is 1. The summed E-state index contributed by atoms with van der Waals surface area (Å²) in [5.41, 5.74) is 3.42. The first kappa shape index (κ1) is 15.4. The number of phenols is 1. The number of nitrogens with zero attached hydrogens (tertiary/aromatic N) is 2. The molecule has 5 heteroatoms. The van der Waals surface area contributed by atoms with E-state index in [1.165, 1.54) is 5.56 Å². The summed E-state index contributed by atoms with van der Waals surface area (Å²) < 4.78 is 7.00. The summed E-state index contributed by atoms with van der Waals surface area (Å²) in [5, 5.41) is 17.6. The lowest BCUT2D eigenvalue weighted by molar-refractivity contribution is 0.372. The Balaban J connectivity index is 2.06. The van der Waals surface area contributed by atoms with Crippen molar-refractivity contribution in [1.82, 2.24) is 15.1 Å². The van der Waals surface area contributed by atoms with Gasteiger partial charge in [-0.05, 0) is 31.0 Å². The SMILES string of the molecule is CCc1nn(C)cc1CNC(C)c1ccc(O)c(OC)c1. The number of rotatable bonds is 6. The van der Waals surface area contributed by atoms with Crippen LogP contribution in [0.15, 0.2) is 24.4 Å². The highest BCUT2D eigenvalue weighted by Crippen LogP contribution is 2.28. The molecule has 0 bridgehead atoms. The Hall–Kier alpha value is -2.01. The number of aromatic nitrogens is 2. The quantitative estimate of drug-likeness (QED) is 0.858. The van der Waals surface area contributed by atoms with E-state index >= 15 is 0 Å². The molecule has 1 aromatic heterocycles. The number of phenolic OH excluding ortho intramolecular Hbond substituents is 1. The van der Waals surface area contributed by atoms with E-state index in [-0.39, 0.29) is 11.8 Å². The van der Waals surface area contributed by atoms with E-state index in [0.717, 1.165) is 24.2 Å². The lowest BCUT2D eigenvalue weighted by Gasteiger charge is -2.15. The second-order valence-electron chi connectivity index (χ2n) is 5.16. The molecule has 1 atom stereocenters. The predicted molar refractivity (Wildman–Crippen MR) is 82.5 cm³/mol. The molecule has 1 unspecified atom stereocenters. The molecule has 0 fully saturated rings. The fourth-order valence-electron chi connectivity index (χ4n) is 2.37. The van der Waals surface area contributed by atoms with Crippen molar-refractivity contribution >= 4 is 0 Å². The van der Waals surface area contributed by atoms with Crippen molar-refractivity contribution in [2.75, 3.05) is 7.11 Å². The Morgan fingerprint density at radius 2 is 2.19 bits per heavy atom. The van der Waals surface area contributed by atoms with Gasteiger partial charge >= 0.3 is 0 Å². The number of aromatic hydroxyl groups is 1. The van der Waals surface area contributed by atoms with Crippen molar-refractivity contribution in [3.8, 4) is 11.5 Å². The van der Waals surface area contributed by atoms with Crippen LogP contribution in [-0.4, -0.2) is 22.0 Å². The summed E-state index contributed by atoms with van der Waals surface area (Å²) in [7, 11) is 3.50. The maximum absolute atomic E-state index is 9.64. The van der Waals surface area contributed by atoms with Gasteiger partial charge in [-0.15, -0.1) is 0 Å². The lowest BCUT2D eigenvalue weighted by atomic mass is 10.1. The average Bonchev–Trinajstić information content (AvgIpc) is 2.85. The zero-order chi connectivity index (χ0) is 15.4. The second-order valence-corrected chi connectivity index (χ2v) is 5.16. The highest BCUT2D eigenvalue weighted by molar-refractivity contribution is 5.42. The van der Waals surface area contributed by atoms with Gasteiger partial charge in [0.1, 0.15) is 0 Å². The molecule has 114 valence electrons. The highest BCUT2D eigenvalue weighted by atomic mass is 16.5. The molecule has 1 aromatic carbocycles. The Morgan fingerprint density at radius 3 is 2.86 bits per heavy atom. The minimum Gasteiger partial charge on any atom is -0.504 e. The van der Waals surface area contributed by atoms with E-state index < -0.39 is 0 Å². The standard InChI is InChI=1S/C16H23N3O2/c1-5-14-13(10-19(3)18-14)9-17-11(2)12-6-7-15(20)16(8-12)21-4/h6-8,10-11,17,20H,5,9H2,1-4H3. The van der Waals surface area contributed by atoms with Gasteiger partial charge in [0.25, 0.3) is 0 Å². The Bertz CT molecular complexity index is 608. The van der Waals surface area contributed by atoms with Crippen LogP contribution in [0.25, 0.3) is 0 Å². The molecule has 0 spiro atoms. The Kier molecular flexibility index (Phi) is 4.85. The topological polar surface area (TPSA) is 59.3 Å². The number of methoxy groups -OCH3 is 1. The summed E-state index contributed by atoms with van der Waals surface area (Å²) >= 11 is 0. The number of hydrogen-bond acceptors (Lipinski definition) is 4. The third-order valence-electron chi connectivity index (χ3n) is 3.63. The third kappa shape index (κ3) is 3.55. The summed E-state index contributed by atoms with van der Waals surface area (Å²) in [5.74, 6) is 0.658. The number of nitrogens with one attached hydrogen (secondary N) is 1. The molecular formula is C16H23N3O2. The molecule has 2 aromatic rings. The van der Waals surface area contributed by atoms with Crippen LogP contribution in [-0.2, 0) is 20.0 Å². The minimum absolute atomic E-state index is 0.157. The van der Waals surface area contributed by atoms with Gasteiger partial charge in [0.05, 0.1) is 12.8 Å². The van der Waals surface area contributed by atoms with Gasteiger partial charge in [-0.1, -0.05) is 13.0 Å². The van der Waals surface area contributed by atoms with E-state index in [1.807, 2.05) is 23.9 Å². The molecule has 0 aliphatic rings. The van der Waals surface area contributed by atoms with Gasteiger partial charge < -0.3 is 15.2 Å². The third-order valence-corrected chi connectivity index (χ3v) is 3.63. The van der Waals surface area contributed by atoms with Crippen LogP contribution >= 0.6 is 0 Å². The van der Waals surface area contributed by atoms with Crippen molar-refractivity contribution in [3.63, 3.8) is 0 Å².